The van der Waals surface area contributed by atoms with Crippen LogP contribution in [0.2, 0.25) is 0 Å². The van der Waals surface area contributed by atoms with Gasteiger partial charge in [0, 0.05) is 0 Å². The van der Waals surface area contributed by atoms with Gasteiger partial charge in [0.25, 0.3) is 0 Å². The number of carbonyl (C=O) groups is 2. The molecule has 0 unspecified atom stereocenters. The molecule has 0 radical (unpaired) electrons. The van der Waals surface area contributed by atoms with Gasteiger partial charge in [0.2, 0.25) is 0 Å². The first-order chi connectivity index (χ1) is 8.89. The second-order valence-electron chi connectivity index (χ2n) is 4.76. The zero-order valence-electron chi connectivity index (χ0n) is 11.9. The Labute approximate surface area is 113 Å². The van der Waals surface area contributed by atoms with Crippen molar-refractivity contribution in [3.05, 3.63) is 35.5 Å². The lowest BCUT2D eigenvalue weighted by atomic mass is 9.81. The van der Waals surface area contributed by atoms with Gasteiger partial charge in [-0.15, -0.1) is 0 Å². The Morgan fingerprint density at radius 1 is 1.16 bits per heavy atom. The Hall–Kier alpha value is -1.84. The lowest BCUT2D eigenvalue weighted by molar-refractivity contribution is -0.168. The van der Waals surface area contributed by atoms with Crippen LogP contribution in [-0.4, -0.2) is 26.2 Å². The zero-order valence-corrected chi connectivity index (χ0v) is 11.9. The largest absolute Gasteiger partial charge is 0.468 e. The molecule has 0 aliphatic heterocycles. The fraction of sp³-hybridized carbons (Fsp3) is 0.467. The molecule has 0 heterocycles. The summed E-state index contributed by atoms with van der Waals surface area (Å²) < 4.78 is 9.56. The molecule has 0 N–H and O–H groups in total. The van der Waals surface area contributed by atoms with Gasteiger partial charge in [-0.05, 0) is 37.8 Å². The van der Waals surface area contributed by atoms with Crippen molar-refractivity contribution in [3.8, 4) is 0 Å². The molecule has 0 amide bonds. The molecule has 0 aromatic carbocycles. The summed E-state index contributed by atoms with van der Waals surface area (Å²) in [7, 11) is 2.55. The van der Waals surface area contributed by atoms with E-state index in [1.165, 1.54) is 14.2 Å². The van der Waals surface area contributed by atoms with Crippen molar-refractivity contribution in [2.24, 2.45) is 5.41 Å². The maximum Gasteiger partial charge on any atom is 0.323 e. The predicted octanol–water partition coefficient (Wildman–Crippen LogP) is 2.56. The Kier molecular flexibility index (Phi) is 4.70. The predicted molar refractivity (Wildman–Crippen MR) is 72.4 cm³/mol. The number of hydrogen-bond acceptors (Lipinski definition) is 4. The monoisotopic (exact) mass is 264 g/mol. The van der Waals surface area contributed by atoms with Crippen LogP contribution in [0.15, 0.2) is 35.5 Å². The molecule has 0 fully saturated rings. The number of carbonyl (C=O) groups excluding carboxylic acids is 2. The third-order valence-electron chi connectivity index (χ3n) is 3.45. The summed E-state index contributed by atoms with van der Waals surface area (Å²) in [5.41, 5.74) is 1.58. The van der Waals surface area contributed by atoms with Crippen molar-refractivity contribution >= 4 is 11.9 Å². The van der Waals surface area contributed by atoms with Crippen LogP contribution in [0.5, 0.6) is 0 Å². The minimum Gasteiger partial charge on any atom is -0.468 e. The molecule has 1 aliphatic carbocycles. The molecule has 0 aromatic rings. The standard InChI is InChI=1S/C15H20O4/c1-10(2)12-7-9-15(13(16)18-4,14(17)19-5)8-6-11(12)3/h6-7H,1,8-9H2,2-5H3. The van der Waals surface area contributed by atoms with E-state index in [-0.39, 0.29) is 12.8 Å². The minimum atomic E-state index is -1.29. The Balaban J connectivity index is 3.28. The Morgan fingerprint density at radius 3 is 2.05 bits per heavy atom. The van der Waals surface area contributed by atoms with E-state index in [9.17, 15) is 9.59 Å². The average Bonchev–Trinajstić information content (AvgIpc) is 2.57. The summed E-state index contributed by atoms with van der Waals surface area (Å²) in [6, 6.07) is 0. The molecule has 4 nitrogen and oxygen atoms in total. The van der Waals surface area contributed by atoms with Crippen LogP contribution in [0, 0.1) is 5.41 Å². The molecule has 19 heavy (non-hydrogen) atoms. The third-order valence-corrected chi connectivity index (χ3v) is 3.45. The van der Waals surface area contributed by atoms with Gasteiger partial charge < -0.3 is 9.47 Å². The fourth-order valence-electron chi connectivity index (χ4n) is 2.28. The third kappa shape index (κ3) is 2.78. The number of rotatable bonds is 3. The van der Waals surface area contributed by atoms with Gasteiger partial charge in [-0.2, -0.15) is 0 Å². The van der Waals surface area contributed by atoms with Gasteiger partial charge in [-0.3, -0.25) is 9.59 Å². The Bertz CT molecular complexity index is 453. The summed E-state index contributed by atoms with van der Waals surface area (Å²) in [6.07, 6.45) is 4.24. The van der Waals surface area contributed by atoms with Crippen LogP contribution in [-0.2, 0) is 19.1 Å². The number of hydrogen-bond donors (Lipinski definition) is 0. The van der Waals surface area contributed by atoms with Crippen LogP contribution >= 0.6 is 0 Å². The molecule has 1 rings (SSSR count). The van der Waals surface area contributed by atoms with Crippen LogP contribution in [0.1, 0.15) is 26.7 Å². The smallest absolute Gasteiger partial charge is 0.323 e. The molecule has 0 saturated heterocycles. The van der Waals surface area contributed by atoms with Gasteiger partial charge in [-0.25, -0.2) is 0 Å². The van der Waals surface area contributed by atoms with E-state index in [0.717, 1.165) is 16.7 Å². The maximum atomic E-state index is 12.0. The topological polar surface area (TPSA) is 52.6 Å². The molecule has 104 valence electrons. The van der Waals surface area contributed by atoms with E-state index >= 15 is 0 Å². The summed E-state index contributed by atoms with van der Waals surface area (Å²) >= 11 is 0. The van der Waals surface area contributed by atoms with E-state index in [2.05, 4.69) is 6.58 Å². The minimum absolute atomic E-state index is 0.252. The van der Waals surface area contributed by atoms with Crippen molar-refractivity contribution < 1.29 is 19.1 Å². The van der Waals surface area contributed by atoms with Gasteiger partial charge in [-0.1, -0.05) is 24.3 Å². The van der Waals surface area contributed by atoms with E-state index in [4.69, 9.17) is 9.47 Å². The molecule has 1 aliphatic rings. The molecule has 0 spiro atoms. The highest BCUT2D eigenvalue weighted by atomic mass is 16.5. The normalized spacial score (nSPS) is 17.7. The summed E-state index contributed by atoms with van der Waals surface area (Å²) in [6.45, 7) is 7.74. The molecule has 0 aromatic heterocycles. The van der Waals surface area contributed by atoms with Crippen molar-refractivity contribution in [2.75, 3.05) is 14.2 Å². The van der Waals surface area contributed by atoms with Crippen molar-refractivity contribution in [2.45, 2.75) is 26.7 Å². The van der Waals surface area contributed by atoms with Crippen LogP contribution in [0.25, 0.3) is 0 Å². The molecule has 0 atom stereocenters. The number of methoxy groups -OCH3 is 2. The highest BCUT2D eigenvalue weighted by Gasteiger charge is 2.47. The molecule has 4 heteroatoms. The van der Waals surface area contributed by atoms with Crippen molar-refractivity contribution in [1.82, 2.24) is 0 Å². The van der Waals surface area contributed by atoms with E-state index < -0.39 is 17.4 Å². The summed E-state index contributed by atoms with van der Waals surface area (Å²) in [5, 5.41) is 0. The molecular weight excluding hydrogens is 244 g/mol. The van der Waals surface area contributed by atoms with E-state index in [1.807, 2.05) is 26.0 Å². The molecule has 0 bridgehead atoms. The average molecular weight is 264 g/mol. The van der Waals surface area contributed by atoms with Crippen LogP contribution < -0.4 is 0 Å². The highest BCUT2D eigenvalue weighted by molar-refractivity contribution is 6.00. The number of esters is 2. The van der Waals surface area contributed by atoms with E-state index in [1.54, 1.807) is 0 Å². The second-order valence-corrected chi connectivity index (χ2v) is 4.76. The zero-order chi connectivity index (χ0) is 14.6. The van der Waals surface area contributed by atoms with E-state index in [0.29, 0.717) is 0 Å². The number of allylic oxidation sites excluding steroid dienone is 5. The molecular formula is C15H20O4. The van der Waals surface area contributed by atoms with Crippen molar-refractivity contribution in [1.29, 1.82) is 0 Å². The molecule has 0 saturated carbocycles. The maximum absolute atomic E-state index is 12.0. The van der Waals surface area contributed by atoms with Gasteiger partial charge in [0.05, 0.1) is 14.2 Å². The first kappa shape index (κ1) is 15.2. The first-order valence-corrected chi connectivity index (χ1v) is 6.09. The quantitative estimate of drug-likeness (QED) is 0.580. The lowest BCUT2D eigenvalue weighted by Gasteiger charge is -2.25. The fourth-order valence-corrected chi connectivity index (χ4v) is 2.28. The summed E-state index contributed by atoms with van der Waals surface area (Å²) in [4.78, 5) is 24.0. The first-order valence-electron chi connectivity index (χ1n) is 6.09. The highest BCUT2D eigenvalue weighted by Crippen LogP contribution is 2.37. The van der Waals surface area contributed by atoms with Gasteiger partial charge >= 0.3 is 11.9 Å². The van der Waals surface area contributed by atoms with Gasteiger partial charge in [0.1, 0.15) is 0 Å². The SMILES string of the molecule is C=C(C)C1=CCC(C(=O)OC)(C(=O)OC)CC=C1C. The number of ether oxygens (including phenoxy) is 2. The second kappa shape index (κ2) is 5.87. The van der Waals surface area contributed by atoms with Crippen LogP contribution in [0.3, 0.4) is 0 Å². The van der Waals surface area contributed by atoms with Crippen molar-refractivity contribution in [3.63, 3.8) is 0 Å². The van der Waals surface area contributed by atoms with Crippen LogP contribution in [0.4, 0.5) is 0 Å². The Morgan fingerprint density at radius 2 is 1.63 bits per heavy atom. The summed E-state index contributed by atoms with van der Waals surface area (Å²) in [5.74, 6) is -1.13. The van der Waals surface area contributed by atoms with Gasteiger partial charge in [0.15, 0.2) is 5.41 Å². The lowest BCUT2D eigenvalue weighted by Crippen LogP contribution is -2.40.